The van der Waals surface area contributed by atoms with Gasteiger partial charge in [-0.25, -0.2) is 4.72 Å². The fourth-order valence-electron chi connectivity index (χ4n) is 1.86. The molecule has 5 nitrogen and oxygen atoms in total. The van der Waals surface area contributed by atoms with Crippen LogP contribution in [0.25, 0.3) is 0 Å². The van der Waals surface area contributed by atoms with Crippen LogP contribution in [-0.2, 0) is 20.4 Å². The van der Waals surface area contributed by atoms with Crippen molar-refractivity contribution in [1.82, 2.24) is 9.03 Å². The lowest BCUT2D eigenvalue weighted by Crippen LogP contribution is -2.44. The van der Waals surface area contributed by atoms with E-state index in [4.69, 9.17) is 11.6 Å². The summed E-state index contributed by atoms with van der Waals surface area (Å²) in [6, 6.07) is 6.97. The normalized spacial score (nSPS) is 17.3. The maximum absolute atomic E-state index is 12.2. The van der Waals surface area contributed by atoms with Crippen LogP contribution in [0, 0.1) is 0 Å². The first-order valence-corrected chi connectivity index (χ1v) is 7.60. The summed E-state index contributed by atoms with van der Waals surface area (Å²) in [7, 11) is -1.02. The van der Waals surface area contributed by atoms with Crippen LogP contribution in [0.3, 0.4) is 0 Å². The monoisotopic (exact) mass is 302 g/mol. The van der Waals surface area contributed by atoms with Crippen LogP contribution in [0.2, 0.25) is 5.02 Å². The van der Waals surface area contributed by atoms with Gasteiger partial charge in [0.1, 0.15) is 0 Å². The maximum atomic E-state index is 12.2. The highest BCUT2D eigenvalue weighted by molar-refractivity contribution is 7.87. The van der Waals surface area contributed by atoms with Gasteiger partial charge in [0.05, 0.1) is 5.41 Å². The van der Waals surface area contributed by atoms with E-state index in [1.54, 1.807) is 24.3 Å². The van der Waals surface area contributed by atoms with E-state index in [1.807, 2.05) is 0 Å². The zero-order valence-electron chi connectivity index (χ0n) is 10.7. The van der Waals surface area contributed by atoms with Gasteiger partial charge >= 0.3 is 10.2 Å². The molecular formula is C12H15ClN2O3S. The topological polar surface area (TPSA) is 66.5 Å². The molecule has 0 aromatic heterocycles. The molecule has 1 fully saturated rings. The second kappa shape index (κ2) is 4.77. The molecule has 0 spiro atoms. The molecule has 0 unspecified atom stereocenters. The van der Waals surface area contributed by atoms with E-state index in [0.717, 1.165) is 9.87 Å². The lowest BCUT2D eigenvalue weighted by Gasteiger charge is -2.18. The number of nitrogens with one attached hydrogen (secondary N) is 1. The van der Waals surface area contributed by atoms with Gasteiger partial charge in [0, 0.05) is 19.1 Å². The van der Waals surface area contributed by atoms with Crippen molar-refractivity contribution in [3.05, 3.63) is 34.9 Å². The fourth-order valence-corrected chi connectivity index (χ4v) is 2.67. The van der Waals surface area contributed by atoms with E-state index in [-0.39, 0.29) is 0 Å². The molecule has 1 aromatic rings. The molecule has 1 aromatic carbocycles. The molecule has 19 heavy (non-hydrogen) atoms. The van der Waals surface area contributed by atoms with Crippen LogP contribution < -0.4 is 4.72 Å². The van der Waals surface area contributed by atoms with Gasteiger partial charge in [-0.3, -0.25) is 4.79 Å². The summed E-state index contributed by atoms with van der Waals surface area (Å²) in [5.41, 5.74) is 0.00000567. The Balaban J connectivity index is 2.25. The van der Waals surface area contributed by atoms with E-state index in [0.29, 0.717) is 17.9 Å². The Morgan fingerprint density at radius 3 is 2.47 bits per heavy atom. The van der Waals surface area contributed by atoms with E-state index in [9.17, 15) is 13.2 Å². The van der Waals surface area contributed by atoms with Crippen molar-refractivity contribution in [2.75, 3.05) is 14.1 Å². The molecule has 0 atom stereocenters. The highest BCUT2D eigenvalue weighted by atomic mass is 35.5. The van der Waals surface area contributed by atoms with Crippen molar-refractivity contribution >= 4 is 27.7 Å². The molecule has 1 saturated carbocycles. The minimum Gasteiger partial charge on any atom is -0.273 e. The standard InChI is InChI=1S/C12H15ClN2O3S/c1-15(2)19(17,18)14-11(16)12(6-7-12)9-4-3-5-10(13)8-9/h3-5,8H,6-7H2,1-2H3,(H,14,16). The summed E-state index contributed by atoms with van der Waals surface area (Å²) in [5.74, 6) is -0.497. The van der Waals surface area contributed by atoms with Crippen molar-refractivity contribution in [1.29, 1.82) is 0 Å². The maximum Gasteiger partial charge on any atom is 0.303 e. The number of halogens is 1. The number of benzene rings is 1. The number of amides is 1. The number of carbonyl (C=O) groups is 1. The Hall–Kier alpha value is -1.11. The van der Waals surface area contributed by atoms with Crippen molar-refractivity contribution in [2.24, 2.45) is 0 Å². The molecule has 0 aliphatic heterocycles. The van der Waals surface area contributed by atoms with E-state index in [2.05, 4.69) is 4.72 Å². The predicted molar refractivity (Wildman–Crippen MR) is 73.1 cm³/mol. The van der Waals surface area contributed by atoms with Crippen LogP contribution in [0.15, 0.2) is 24.3 Å². The molecule has 0 bridgehead atoms. The average Bonchev–Trinajstić information content (AvgIpc) is 3.09. The lowest BCUT2D eigenvalue weighted by molar-refractivity contribution is -0.121. The number of hydrogen-bond donors (Lipinski definition) is 1. The summed E-state index contributed by atoms with van der Waals surface area (Å²) in [6.07, 6.45) is 1.25. The Kier molecular flexibility index (Phi) is 3.59. The van der Waals surface area contributed by atoms with Crippen LogP contribution in [-0.4, -0.2) is 32.7 Å². The van der Waals surface area contributed by atoms with Crippen molar-refractivity contribution in [2.45, 2.75) is 18.3 Å². The fraction of sp³-hybridized carbons (Fsp3) is 0.417. The van der Waals surface area contributed by atoms with Crippen LogP contribution in [0.5, 0.6) is 0 Å². The predicted octanol–water partition coefficient (Wildman–Crippen LogP) is 1.29. The molecule has 0 radical (unpaired) electrons. The zero-order chi connectivity index (χ0) is 14.3. The van der Waals surface area contributed by atoms with E-state index < -0.39 is 21.5 Å². The molecule has 1 aliphatic rings. The van der Waals surface area contributed by atoms with Crippen LogP contribution >= 0.6 is 11.6 Å². The molecule has 0 heterocycles. The Labute approximate surface area is 117 Å². The Bertz CT molecular complexity index is 609. The summed E-state index contributed by atoms with van der Waals surface area (Å²) in [5, 5.41) is 0.534. The second-order valence-corrected chi connectivity index (χ2v) is 7.13. The number of carbonyl (C=O) groups excluding carboxylic acids is 1. The van der Waals surface area contributed by atoms with Gasteiger partial charge in [-0.15, -0.1) is 0 Å². The van der Waals surface area contributed by atoms with Gasteiger partial charge in [0.2, 0.25) is 5.91 Å². The first-order chi connectivity index (χ1) is 8.78. The Morgan fingerprint density at radius 1 is 1.37 bits per heavy atom. The van der Waals surface area contributed by atoms with Gasteiger partial charge < -0.3 is 0 Å². The third-order valence-corrected chi connectivity index (χ3v) is 4.90. The third kappa shape index (κ3) is 2.75. The number of rotatable bonds is 4. The zero-order valence-corrected chi connectivity index (χ0v) is 12.3. The molecule has 1 amide bonds. The third-order valence-electron chi connectivity index (χ3n) is 3.26. The molecule has 2 rings (SSSR count). The summed E-state index contributed by atoms with van der Waals surface area (Å²) in [4.78, 5) is 12.2. The molecule has 104 valence electrons. The number of nitrogens with zero attached hydrogens (tertiary/aromatic N) is 1. The minimum atomic E-state index is -3.76. The molecule has 1 aliphatic carbocycles. The largest absolute Gasteiger partial charge is 0.303 e. The summed E-state index contributed by atoms with van der Waals surface area (Å²) in [6.45, 7) is 0. The highest BCUT2D eigenvalue weighted by Gasteiger charge is 2.52. The Morgan fingerprint density at radius 2 is 2.00 bits per heavy atom. The van der Waals surface area contributed by atoms with Crippen LogP contribution in [0.4, 0.5) is 0 Å². The first-order valence-electron chi connectivity index (χ1n) is 5.79. The molecular weight excluding hydrogens is 288 g/mol. The summed E-state index contributed by atoms with van der Waals surface area (Å²) < 4.78 is 26.4. The lowest BCUT2D eigenvalue weighted by atomic mass is 9.95. The average molecular weight is 303 g/mol. The molecule has 0 saturated heterocycles. The van der Waals surface area contributed by atoms with Gasteiger partial charge in [0.25, 0.3) is 0 Å². The summed E-state index contributed by atoms with van der Waals surface area (Å²) >= 11 is 5.91. The first kappa shape index (κ1) is 14.3. The minimum absolute atomic E-state index is 0.497. The van der Waals surface area contributed by atoms with E-state index >= 15 is 0 Å². The van der Waals surface area contributed by atoms with Crippen molar-refractivity contribution in [3.63, 3.8) is 0 Å². The van der Waals surface area contributed by atoms with Crippen LogP contribution in [0.1, 0.15) is 18.4 Å². The van der Waals surface area contributed by atoms with Gasteiger partial charge in [-0.1, -0.05) is 23.7 Å². The quantitative estimate of drug-likeness (QED) is 0.911. The SMILES string of the molecule is CN(C)S(=O)(=O)NC(=O)C1(c2cccc(Cl)c2)CC1. The van der Waals surface area contributed by atoms with Gasteiger partial charge in [0.15, 0.2) is 0 Å². The molecule has 7 heteroatoms. The van der Waals surface area contributed by atoms with Gasteiger partial charge in [-0.2, -0.15) is 12.7 Å². The smallest absolute Gasteiger partial charge is 0.273 e. The van der Waals surface area contributed by atoms with Crippen molar-refractivity contribution < 1.29 is 13.2 Å². The van der Waals surface area contributed by atoms with Gasteiger partial charge in [-0.05, 0) is 30.5 Å². The second-order valence-electron chi connectivity index (χ2n) is 4.81. The van der Waals surface area contributed by atoms with E-state index in [1.165, 1.54) is 14.1 Å². The molecule has 1 N–H and O–H groups in total. The number of hydrogen-bond acceptors (Lipinski definition) is 3. The highest BCUT2D eigenvalue weighted by Crippen LogP contribution is 2.48. The van der Waals surface area contributed by atoms with Crippen molar-refractivity contribution in [3.8, 4) is 0 Å².